The fraction of sp³-hybridized carbons (Fsp3) is 0.714. The van der Waals surface area contributed by atoms with E-state index in [1.165, 1.54) is 5.57 Å². The van der Waals surface area contributed by atoms with Crippen LogP contribution in [0.3, 0.4) is 0 Å². The quantitative estimate of drug-likeness (QED) is 0.582. The number of hydrogen-bond acceptors (Lipinski definition) is 2. The molecular formula is C7H15NO. The zero-order valence-electron chi connectivity index (χ0n) is 6.40. The average molecular weight is 129 g/mol. The minimum absolute atomic E-state index is 0.510. The molecule has 0 aliphatic heterocycles. The van der Waals surface area contributed by atoms with E-state index in [0.717, 1.165) is 12.2 Å². The van der Waals surface area contributed by atoms with Crippen LogP contribution < -0.4 is 5.73 Å². The molecule has 0 heterocycles. The highest BCUT2D eigenvalue weighted by Crippen LogP contribution is 2.05. The number of methoxy groups -OCH3 is 1. The summed E-state index contributed by atoms with van der Waals surface area (Å²) in [6.07, 6.45) is 1.01. The van der Waals surface area contributed by atoms with Crippen LogP contribution in [0, 0.1) is 0 Å². The van der Waals surface area contributed by atoms with E-state index in [4.69, 9.17) is 10.5 Å². The highest BCUT2D eigenvalue weighted by molar-refractivity contribution is 5.05. The first-order valence-electron chi connectivity index (χ1n) is 3.18. The Morgan fingerprint density at radius 3 is 2.22 bits per heavy atom. The summed E-state index contributed by atoms with van der Waals surface area (Å²) in [5, 5.41) is 0. The van der Waals surface area contributed by atoms with E-state index in [-0.39, 0.29) is 0 Å². The van der Waals surface area contributed by atoms with Crippen molar-refractivity contribution in [3.63, 3.8) is 0 Å². The molecule has 0 amide bonds. The maximum atomic E-state index is 5.38. The van der Waals surface area contributed by atoms with Crippen molar-refractivity contribution in [2.45, 2.75) is 20.3 Å². The lowest BCUT2D eigenvalue weighted by Crippen LogP contribution is -2.06. The van der Waals surface area contributed by atoms with Gasteiger partial charge in [-0.15, -0.1) is 0 Å². The van der Waals surface area contributed by atoms with E-state index >= 15 is 0 Å². The smallest absolute Gasteiger partial charge is 0.108 e. The average Bonchev–Trinajstić information content (AvgIpc) is 1.90. The van der Waals surface area contributed by atoms with Gasteiger partial charge in [0, 0.05) is 0 Å². The highest BCUT2D eigenvalue weighted by atomic mass is 16.5. The number of rotatable bonds is 3. The first-order valence-corrected chi connectivity index (χ1v) is 3.18. The van der Waals surface area contributed by atoms with Crippen molar-refractivity contribution in [1.82, 2.24) is 0 Å². The van der Waals surface area contributed by atoms with Crippen molar-refractivity contribution in [2.24, 2.45) is 5.73 Å². The first kappa shape index (κ1) is 8.50. The third kappa shape index (κ3) is 2.51. The van der Waals surface area contributed by atoms with Gasteiger partial charge in [-0.25, -0.2) is 0 Å². The Balaban J connectivity index is 4.01. The van der Waals surface area contributed by atoms with Crippen LogP contribution in [0.5, 0.6) is 0 Å². The highest BCUT2D eigenvalue weighted by Gasteiger charge is 1.95. The summed E-state index contributed by atoms with van der Waals surface area (Å²) in [6, 6.07) is 0. The lowest BCUT2D eigenvalue weighted by Gasteiger charge is -2.05. The van der Waals surface area contributed by atoms with Crippen LogP contribution in [0.4, 0.5) is 0 Å². The molecule has 0 radical (unpaired) electrons. The van der Waals surface area contributed by atoms with Crippen LogP contribution in [0.1, 0.15) is 20.3 Å². The molecule has 0 unspecified atom stereocenters. The molecule has 54 valence electrons. The summed E-state index contributed by atoms with van der Waals surface area (Å²) in [6.45, 7) is 4.63. The van der Waals surface area contributed by atoms with Gasteiger partial charge in [-0.2, -0.15) is 0 Å². The molecule has 2 N–H and O–H groups in total. The normalized spacial score (nSPS) is 12.9. The van der Waals surface area contributed by atoms with Gasteiger partial charge in [-0.05, 0) is 18.9 Å². The second-order valence-corrected chi connectivity index (χ2v) is 1.97. The SMILES string of the molecule is CC/C(C)=C(/CN)OC. The topological polar surface area (TPSA) is 35.2 Å². The van der Waals surface area contributed by atoms with Crippen LogP contribution in [-0.4, -0.2) is 13.7 Å². The fourth-order valence-electron chi connectivity index (χ4n) is 0.629. The maximum Gasteiger partial charge on any atom is 0.108 e. The van der Waals surface area contributed by atoms with Gasteiger partial charge in [0.25, 0.3) is 0 Å². The third-order valence-corrected chi connectivity index (χ3v) is 1.44. The minimum Gasteiger partial charge on any atom is -0.500 e. The lowest BCUT2D eigenvalue weighted by atomic mass is 10.2. The van der Waals surface area contributed by atoms with Crippen LogP contribution >= 0.6 is 0 Å². The molecule has 0 aromatic carbocycles. The number of ether oxygens (including phenoxy) is 1. The molecule has 0 spiro atoms. The molecule has 2 heteroatoms. The number of allylic oxidation sites excluding steroid dienone is 1. The second kappa shape index (κ2) is 4.39. The van der Waals surface area contributed by atoms with Crippen molar-refractivity contribution in [2.75, 3.05) is 13.7 Å². The Morgan fingerprint density at radius 1 is 1.56 bits per heavy atom. The largest absolute Gasteiger partial charge is 0.500 e. The van der Waals surface area contributed by atoms with Gasteiger partial charge >= 0.3 is 0 Å². The van der Waals surface area contributed by atoms with Gasteiger partial charge in [0.2, 0.25) is 0 Å². The van der Waals surface area contributed by atoms with Crippen molar-refractivity contribution >= 4 is 0 Å². The Labute approximate surface area is 56.7 Å². The number of hydrogen-bond donors (Lipinski definition) is 1. The third-order valence-electron chi connectivity index (χ3n) is 1.44. The van der Waals surface area contributed by atoms with Crippen molar-refractivity contribution in [1.29, 1.82) is 0 Å². The summed E-state index contributed by atoms with van der Waals surface area (Å²) in [7, 11) is 1.65. The van der Waals surface area contributed by atoms with E-state index in [0.29, 0.717) is 6.54 Å². The molecule has 0 aromatic heterocycles. The molecule has 0 rings (SSSR count). The lowest BCUT2D eigenvalue weighted by molar-refractivity contribution is 0.281. The molecule has 2 nitrogen and oxygen atoms in total. The molecule has 0 fully saturated rings. The molecule has 0 atom stereocenters. The van der Waals surface area contributed by atoms with Gasteiger partial charge in [0.05, 0.1) is 13.7 Å². The van der Waals surface area contributed by atoms with Gasteiger partial charge in [0.15, 0.2) is 0 Å². The molecule has 0 aliphatic carbocycles. The van der Waals surface area contributed by atoms with Crippen molar-refractivity contribution in [3.8, 4) is 0 Å². The van der Waals surface area contributed by atoms with Crippen LogP contribution in [-0.2, 0) is 4.74 Å². The summed E-state index contributed by atoms with van der Waals surface area (Å²) in [4.78, 5) is 0. The Kier molecular flexibility index (Phi) is 4.14. The Bertz CT molecular complexity index is 101. The fourth-order valence-corrected chi connectivity index (χ4v) is 0.629. The maximum absolute atomic E-state index is 5.38. The Morgan fingerprint density at radius 2 is 2.11 bits per heavy atom. The van der Waals surface area contributed by atoms with Gasteiger partial charge in [-0.1, -0.05) is 6.92 Å². The van der Waals surface area contributed by atoms with Gasteiger partial charge in [-0.3, -0.25) is 0 Å². The van der Waals surface area contributed by atoms with E-state index < -0.39 is 0 Å². The molecule has 0 bridgehead atoms. The number of nitrogens with two attached hydrogens (primary N) is 1. The monoisotopic (exact) mass is 129 g/mol. The van der Waals surface area contributed by atoms with Crippen LogP contribution in [0.2, 0.25) is 0 Å². The predicted octanol–water partition coefficient (Wildman–Crippen LogP) is 1.28. The zero-order valence-corrected chi connectivity index (χ0v) is 6.40. The molecule has 0 saturated heterocycles. The molecule has 0 saturated carbocycles. The van der Waals surface area contributed by atoms with Gasteiger partial charge < -0.3 is 10.5 Å². The summed E-state index contributed by atoms with van der Waals surface area (Å²) in [5.74, 6) is 0.914. The van der Waals surface area contributed by atoms with E-state index in [1.807, 2.05) is 6.92 Å². The summed E-state index contributed by atoms with van der Waals surface area (Å²) in [5.41, 5.74) is 6.61. The van der Waals surface area contributed by atoms with Crippen molar-refractivity contribution in [3.05, 3.63) is 11.3 Å². The van der Waals surface area contributed by atoms with Crippen LogP contribution in [0.25, 0.3) is 0 Å². The van der Waals surface area contributed by atoms with E-state index in [2.05, 4.69) is 6.92 Å². The Hall–Kier alpha value is -0.500. The standard InChI is InChI=1S/C7H15NO/c1-4-6(2)7(5-8)9-3/h4-5,8H2,1-3H3/b7-6-. The molecule has 9 heavy (non-hydrogen) atoms. The van der Waals surface area contributed by atoms with E-state index in [9.17, 15) is 0 Å². The summed E-state index contributed by atoms with van der Waals surface area (Å²) < 4.78 is 5.01. The molecule has 0 aromatic rings. The molecule has 0 aliphatic rings. The summed E-state index contributed by atoms with van der Waals surface area (Å²) >= 11 is 0. The van der Waals surface area contributed by atoms with Crippen LogP contribution in [0.15, 0.2) is 11.3 Å². The predicted molar refractivity (Wildman–Crippen MR) is 39.1 cm³/mol. The zero-order chi connectivity index (χ0) is 7.28. The molecular weight excluding hydrogens is 114 g/mol. The van der Waals surface area contributed by atoms with E-state index in [1.54, 1.807) is 7.11 Å². The minimum atomic E-state index is 0.510. The van der Waals surface area contributed by atoms with Gasteiger partial charge in [0.1, 0.15) is 5.76 Å². The first-order chi connectivity index (χ1) is 4.26. The van der Waals surface area contributed by atoms with Crippen molar-refractivity contribution < 1.29 is 4.74 Å². The second-order valence-electron chi connectivity index (χ2n) is 1.97.